The van der Waals surface area contributed by atoms with Crippen molar-refractivity contribution in [2.24, 2.45) is 10.7 Å². The number of nitrogens with two attached hydrogens (primary N) is 1. The second-order valence-electron chi connectivity index (χ2n) is 5.27. The molecule has 0 bridgehead atoms. The van der Waals surface area contributed by atoms with E-state index in [1.807, 2.05) is 34.9 Å². The molecule has 0 radical (unpaired) electrons. The van der Waals surface area contributed by atoms with Crippen LogP contribution >= 0.6 is 0 Å². The van der Waals surface area contributed by atoms with E-state index < -0.39 is 6.23 Å². The summed E-state index contributed by atoms with van der Waals surface area (Å²) in [6.07, 6.45) is 1.32. The standard InChI is InChI=1S/C15H19N5O/c1-10(2)20-9-17-12-13(20)18-15(16)19-14(12)21-8-11-6-4-3-5-7-11/h3-7,9-10,14H,8H2,1-2H3,(H3,16,18,19). The summed E-state index contributed by atoms with van der Waals surface area (Å²) in [5.41, 5.74) is 7.72. The van der Waals surface area contributed by atoms with Gasteiger partial charge in [-0.05, 0) is 19.4 Å². The van der Waals surface area contributed by atoms with Gasteiger partial charge in [-0.1, -0.05) is 30.3 Å². The second kappa shape index (κ2) is 5.57. The van der Waals surface area contributed by atoms with Gasteiger partial charge in [-0.2, -0.15) is 0 Å². The quantitative estimate of drug-likeness (QED) is 0.904. The Morgan fingerprint density at radius 2 is 2.10 bits per heavy atom. The second-order valence-corrected chi connectivity index (χ2v) is 5.27. The minimum Gasteiger partial charge on any atom is -0.370 e. The number of aliphatic imine (C=N–C) groups is 1. The summed E-state index contributed by atoms with van der Waals surface area (Å²) in [5, 5.41) is 3.07. The lowest BCUT2D eigenvalue weighted by atomic mass is 10.2. The number of nitrogens with zero attached hydrogens (tertiary/aromatic N) is 3. The third-order valence-corrected chi connectivity index (χ3v) is 3.37. The minimum absolute atomic E-state index is 0.287. The first-order valence-electron chi connectivity index (χ1n) is 6.97. The molecule has 3 rings (SSSR count). The predicted octanol–water partition coefficient (Wildman–Crippen LogP) is 2.42. The van der Waals surface area contributed by atoms with Gasteiger partial charge in [0.1, 0.15) is 11.5 Å². The molecule has 1 atom stereocenters. The van der Waals surface area contributed by atoms with Gasteiger partial charge in [0.05, 0.1) is 12.9 Å². The molecule has 0 saturated carbocycles. The maximum absolute atomic E-state index is 5.88. The van der Waals surface area contributed by atoms with E-state index in [9.17, 15) is 0 Å². The minimum atomic E-state index is -0.471. The van der Waals surface area contributed by atoms with Gasteiger partial charge < -0.3 is 20.4 Å². The molecule has 0 fully saturated rings. The number of ether oxygens (including phenoxy) is 1. The zero-order valence-corrected chi connectivity index (χ0v) is 12.2. The molecule has 2 heterocycles. The molecule has 1 aromatic carbocycles. The molecule has 0 spiro atoms. The SMILES string of the molecule is CC(C)n1cnc2c1NC(N)=NC2OCc1ccccc1. The molecule has 110 valence electrons. The zero-order chi connectivity index (χ0) is 14.8. The molecule has 6 nitrogen and oxygen atoms in total. The van der Waals surface area contributed by atoms with Crippen LogP contribution in [0.1, 0.15) is 37.4 Å². The lowest BCUT2D eigenvalue weighted by Crippen LogP contribution is -2.30. The Morgan fingerprint density at radius 1 is 1.33 bits per heavy atom. The largest absolute Gasteiger partial charge is 0.370 e. The van der Waals surface area contributed by atoms with Crippen LogP contribution in [0.25, 0.3) is 0 Å². The summed E-state index contributed by atoms with van der Waals surface area (Å²) < 4.78 is 7.90. The average Bonchev–Trinajstić information content (AvgIpc) is 2.89. The van der Waals surface area contributed by atoms with Crippen molar-refractivity contribution in [3.05, 3.63) is 47.9 Å². The summed E-state index contributed by atoms with van der Waals surface area (Å²) in [4.78, 5) is 8.72. The van der Waals surface area contributed by atoms with Crippen LogP contribution in [0.5, 0.6) is 0 Å². The molecule has 1 aromatic heterocycles. The van der Waals surface area contributed by atoms with Crippen molar-refractivity contribution in [2.45, 2.75) is 32.7 Å². The van der Waals surface area contributed by atoms with Gasteiger partial charge in [0.2, 0.25) is 0 Å². The van der Waals surface area contributed by atoms with E-state index in [1.165, 1.54) is 0 Å². The molecule has 6 heteroatoms. The molecule has 0 amide bonds. The number of imidazole rings is 1. The van der Waals surface area contributed by atoms with Crippen LogP contribution in [0.2, 0.25) is 0 Å². The van der Waals surface area contributed by atoms with Gasteiger partial charge in [0, 0.05) is 6.04 Å². The summed E-state index contributed by atoms with van der Waals surface area (Å²) in [6, 6.07) is 10.3. The Kier molecular flexibility index (Phi) is 3.62. The van der Waals surface area contributed by atoms with E-state index >= 15 is 0 Å². The Hall–Kier alpha value is -2.34. The topological polar surface area (TPSA) is 77.5 Å². The van der Waals surface area contributed by atoms with Crippen molar-refractivity contribution in [1.82, 2.24) is 9.55 Å². The van der Waals surface area contributed by atoms with Crippen LogP contribution in [0.4, 0.5) is 5.82 Å². The number of guanidine groups is 1. The highest BCUT2D eigenvalue weighted by molar-refractivity contribution is 5.93. The molecule has 1 unspecified atom stereocenters. The highest BCUT2D eigenvalue weighted by Crippen LogP contribution is 2.31. The monoisotopic (exact) mass is 285 g/mol. The summed E-state index contributed by atoms with van der Waals surface area (Å²) >= 11 is 0. The number of rotatable bonds is 4. The van der Waals surface area contributed by atoms with E-state index in [0.29, 0.717) is 12.6 Å². The number of hydrogen-bond acceptors (Lipinski definition) is 5. The molecule has 2 aromatic rings. The van der Waals surface area contributed by atoms with Gasteiger partial charge >= 0.3 is 0 Å². The normalized spacial score (nSPS) is 17.3. The van der Waals surface area contributed by atoms with Gasteiger partial charge in [-0.25, -0.2) is 9.98 Å². The van der Waals surface area contributed by atoms with Crippen molar-refractivity contribution >= 4 is 11.8 Å². The van der Waals surface area contributed by atoms with Crippen LogP contribution in [0, 0.1) is 0 Å². The van der Waals surface area contributed by atoms with E-state index in [-0.39, 0.29) is 6.04 Å². The molecule has 0 saturated heterocycles. The molecule has 3 N–H and O–H groups in total. The highest BCUT2D eigenvalue weighted by Gasteiger charge is 2.26. The zero-order valence-electron chi connectivity index (χ0n) is 12.2. The number of aromatic nitrogens is 2. The van der Waals surface area contributed by atoms with Gasteiger partial charge in [0.15, 0.2) is 12.2 Å². The Bertz CT molecular complexity index is 647. The molecule has 21 heavy (non-hydrogen) atoms. The van der Waals surface area contributed by atoms with Crippen LogP contribution < -0.4 is 11.1 Å². The Morgan fingerprint density at radius 3 is 2.81 bits per heavy atom. The molecular formula is C15H19N5O. The van der Waals surface area contributed by atoms with Crippen molar-refractivity contribution in [3.63, 3.8) is 0 Å². The first-order valence-corrected chi connectivity index (χ1v) is 6.97. The smallest absolute Gasteiger partial charge is 0.198 e. The molecule has 1 aliphatic heterocycles. The van der Waals surface area contributed by atoms with Crippen LogP contribution in [-0.2, 0) is 11.3 Å². The lowest BCUT2D eigenvalue weighted by Gasteiger charge is -2.22. The Labute approximate surface area is 123 Å². The maximum atomic E-state index is 5.88. The fourth-order valence-corrected chi connectivity index (χ4v) is 2.28. The summed E-state index contributed by atoms with van der Waals surface area (Å²) in [6.45, 7) is 4.65. The van der Waals surface area contributed by atoms with Crippen molar-refractivity contribution < 1.29 is 4.74 Å². The maximum Gasteiger partial charge on any atom is 0.198 e. The third kappa shape index (κ3) is 2.75. The number of anilines is 1. The summed E-state index contributed by atoms with van der Waals surface area (Å²) in [7, 11) is 0. The van der Waals surface area contributed by atoms with Crippen molar-refractivity contribution in [1.29, 1.82) is 0 Å². The lowest BCUT2D eigenvalue weighted by molar-refractivity contribution is 0.0430. The Balaban J connectivity index is 1.81. The van der Waals surface area contributed by atoms with E-state index in [4.69, 9.17) is 10.5 Å². The number of hydrogen-bond donors (Lipinski definition) is 2. The average molecular weight is 285 g/mol. The molecular weight excluding hydrogens is 266 g/mol. The predicted molar refractivity (Wildman–Crippen MR) is 81.8 cm³/mol. The van der Waals surface area contributed by atoms with E-state index in [1.54, 1.807) is 6.33 Å². The number of benzene rings is 1. The first-order chi connectivity index (χ1) is 10.1. The van der Waals surface area contributed by atoms with Crippen LogP contribution in [0.3, 0.4) is 0 Å². The first kappa shape index (κ1) is 13.6. The van der Waals surface area contributed by atoms with Crippen LogP contribution in [0.15, 0.2) is 41.7 Å². The fraction of sp³-hybridized carbons (Fsp3) is 0.333. The van der Waals surface area contributed by atoms with E-state index in [2.05, 4.69) is 29.1 Å². The number of fused-ring (bicyclic) bond motifs is 1. The van der Waals surface area contributed by atoms with Crippen LogP contribution in [-0.4, -0.2) is 15.5 Å². The highest BCUT2D eigenvalue weighted by atomic mass is 16.5. The fourth-order valence-electron chi connectivity index (χ4n) is 2.28. The van der Waals surface area contributed by atoms with Gasteiger partial charge in [-0.15, -0.1) is 0 Å². The van der Waals surface area contributed by atoms with Crippen molar-refractivity contribution in [2.75, 3.05) is 5.32 Å². The third-order valence-electron chi connectivity index (χ3n) is 3.37. The van der Waals surface area contributed by atoms with Gasteiger partial charge in [-0.3, -0.25) is 0 Å². The molecule has 0 aliphatic carbocycles. The molecule has 1 aliphatic rings. The van der Waals surface area contributed by atoms with E-state index in [0.717, 1.165) is 17.1 Å². The summed E-state index contributed by atoms with van der Waals surface area (Å²) in [5.74, 6) is 1.21. The van der Waals surface area contributed by atoms with Crippen molar-refractivity contribution in [3.8, 4) is 0 Å². The van der Waals surface area contributed by atoms with Gasteiger partial charge in [0.25, 0.3) is 0 Å². The number of nitrogens with one attached hydrogen (secondary N) is 1.